The molecule has 4 heteroatoms. The van der Waals surface area contributed by atoms with E-state index in [1.54, 1.807) is 19.1 Å². The Morgan fingerprint density at radius 1 is 0.692 bits per heavy atom. The summed E-state index contributed by atoms with van der Waals surface area (Å²) >= 11 is 0. The second-order valence-corrected chi connectivity index (χ2v) is 7.14. The highest BCUT2D eigenvalue weighted by Gasteiger charge is 2.55. The van der Waals surface area contributed by atoms with Crippen LogP contribution in [0.25, 0.3) is 0 Å². The molecule has 0 N–H and O–H groups in total. The molecule has 26 heavy (non-hydrogen) atoms. The molecule has 4 unspecified atom stereocenters. The van der Waals surface area contributed by atoms with E-state index in [2.05, 4.69) is 12.2 Å². The van der Waals surface area contributed by atoms with Gasteiger partial charge in [0.05, 0.1) is 11.8 Å². The quantitative estimate of drug-likeness (QED) is 0.633. The molecule has 1 saturated heterocycles. The summed E-state index contributed by atoms with van der Waals surface area (Å²) in [5.41, 5.74) is 2.15. The Bertz CT molecular complexity index is 777. The van der Waals surface area contributed by atoms with Crippen LogP contribution in [-0.4, -0.2) is 35.9 Å². The lowest BCUT2D eigenvalue weighted by atomic mass is 9.68. The van der Waals surface area contributed by atoms with Crippen LogP contribution in [0.1, 0.15) is 23.0 Å². The second kappa shape index (κ2) is 6.54. The summed E-state index contributed by atoms with van der Waals surface area (Å²) in [6, 6.07) is 20.0. The molecule has 2 aromatic rings. The van der Waals surface area contributed by atoms with Gasteiger partial charge >= 0.3 is 0 Å². The highest BCUT2D eigenvalue weighted by molar-refractivity contribution is 6.06. The van der Waals surface area contributed by atoms with Gasteiger partial charge in [-0.25, -0.2) is 10.0 Å². The van der Waals surface area contributed by atoms with E-state index in [4.69, 9.17) is 0 Å². The van der Waals surface area contributed by atoms with E-state index in [1.807, 2.05) is 60.7 Å². The lowest BCUT2D eigenvalue weighted by molar-refractivity contribution is -0.154. The first-order valence-electron chi connectivity index (χ1n) is 8.93. The highest BCUT2D eigenvalue weighted by atomic mass is 16.2. The number of nitrogens with zero attached hydrogens (tertiary/aromatic N) is 2. The number of hydrogen-bond acceptors (Lipinski definition) is 3. The molecule has 1 aliphatic heterocycles. The summed E-state index contributed by atoms with van der Waals surface area (Å²) in [4.78, 5) is 26.4. The SMILES string of the molecule is CN(C)N1C(=O)C2C(c3ccccc3)C=CC(c3ccccc3)C2C1=O. The average molecular weight is 346 g/mol. The lowest BCUT2D eigenvalue weighted by Gasteiger charge is -2.32. The molecule has 0 saturated carbocycles. The summed E-state index contributed by atoms with van der Waals surface area (Å²) in [5, 5.41) is 2.92. The third-order valence-corrected chi connectivity index (χ3v) is 5.44. The molecule has 132 valence electrons. The van der Waals surface area contributed by atoms with Crippen molar-refractivity contribution in [2.45, 2.75) is 11.8 Å². The number of fused-ring (bicyclic) bond motifs is 1. The maximum absolute atomic E-state index is 13.2. The molecule has 1 aliphatic carbocycles. The molecule has 2 aliphatic rings. The highest BCUT2D eigenvalue weighted by Crippen LogP contribution is 2.49. The van der Waals surface area contributed by atoms with Gasteiger partial charge in [0.15, 0.2) is 0 Å². The maximum Gasteiger partial charge on any atom is 0.248 e. The third kappa shape index (κ3) is 2.58. The number of carbonyl (C=O) groups excluding carboxylic acids is 2. The van der Waals surface area contributed by atoms with E-state index >= 15 is 0 Å². The predicted octanol–water partition coefficient (Wildman–Crippen LogP) is 3.20. The summed E-state index contributed by atoms with van der Waals surface area (Å²) < 4.78 is 0. The minimum Gasteiger partial charge on any atom is -0.273 e. The van der Waals surface area contributed by atoms with Gasteiger partial charge in [0.2, 0.25) is 11.8 Å². The van der Waals surface area contributed by atoms with Crippen LogP contribution in [0, 0.1) is 11.8 Å². The van der Waals surface area contributed by atoms with Crippen molar-refractivity contribution < 1.29 is 9.59 Å². The van der Waals surface area contributed by atoms with Crippen LogP contribution in [0.5, 0.6) is 0 Å². The van der Waals surface area contributed by atoms with Crippen LogP contribution >= 0.6 is 0 Å². The fourth-order valence-electron chi connectivity index (χ4n) is 4.31. The molecule has 0 radical (unpaired) electrons. The van der Waals surface area contributed by atoms with Crippen LogP contribution in [0.15, 0.2) is 72.8 Å². The number of carbonyl (C=O) groups is 2. The van der Waals surface area contributed by atoms with Crippen LogP contribution in [0.2, 0.25) is 0 Å². The van der Waals surface area contributed by atoms with Crippen molar-refractivity contribution in [2.75, 3.05) is 14.1 Å². The molecule has 0 aromatic heterocycles. The minimum atomic E-state index is -0.373. The van der Waals surface area contributed by atoms with Crippen molar-refractivity contribution in [3.63, 3.8) is 0 Å². The van der Waals surface area contributed by atoms with Gasteiger partial charge in [-0.2, -0.15) is 0 Å². The van der Waals surface area contributed by atoms with E-state index in [1.165, 1.54) is 5.01 Å². The zero-order chi connectivity index (χ0) is 18.3. The van der Waals surface area contributed by atoms with E-state index in [0.717, 1.165) is 11.1 Å². The summed E-state index contributed by atoms with van der Waals surface area (Å²) in [6.45, 7) is 0. The fourth-order valence-corrected chi connectivity index (χ4v) is 4.31. The molecule has 2 amide bonds. The van der Waals surface area contributed by atoms with Crippen molar-refractivity contribution in [2.24, 2.45) is 11.8 Å². The number of hydrogen-bond donors (Lipinski definition) is 0. The first-order chi connectivity index (χ1) is 12.6. The number of allylic oxidation sites excluding steroid dienone is 2. The molecule has 2 aromatic carbocycles. The van der Waals surface area contributed by atoms with Gasteiger partial charge in [-0.1, -0.05) is 72.8 Å². The Hall–Kier alpha value is -2.72. The van der Waals surface area contributed by atoms with Gasteiger partial charge < -0.3 is 0 Å². The van der Waals surface area contributed by atoms with Crippen molar-refractivity contribution >= 4 is 11.8 Å². The van der Waals surface area contributed by atoms with Crippen LogP contribution < -0.4 is 0 Å². The molecule has 4 atom stereocenters. The Labute approximate surface area is 153 Å². The molecular formula is C22H22N2O2. The van der Waals surface area contributed by atoms with Crippen LogP contribution in [-0.2, 0) is 9.59 Å². The first-order valence-corrected chi connectivity index (χ1v) is 8.93. The molecule has 4 rings (SSSR count). The Morgan fingerprint density at radius 3 is 1.42 bits per heavy atom. The van der Waals surface area contributed by atoms with Crippen molar-refractivity contribution in [3.05, 3.63) is 83.9 Å². The van der Waals surface area contributed by atoms with Crippen LogP contribution in [0.3, 0.4) is 0 Å². The molecule has 0 spiro atoms. The topological polar surface area (TPSA) is 40.6 Å². The predicted molar refractivity (Wildman–Crippen MR) is 100 cm³/mol. The Balaban J connectivity index is 1.83. The maximum atomic E-state index is 13.2. The molecule has 1 heterocycles. The van der Waals surface area contributed by atoms with Gasteiger partial charge in [0.1, 0.15) is 0 Å². The number of amides is 2. The van der Waals surface area contributed by atoms with E-state index < -0.39 is 0 Å². The van der Waals surface area contributed by atoms with E-state index in [9.17, 15) is 9.59 Å². The zero-order valence-corrected chi connectivity index (χ0v) is 14.9. The molecule has 0 bridgehead atoms. The summed E-state index contributed by atoms with van der Waals surface area (Å²) in [6.07, 6.45) is 4.22. The average Bonchev–Trinajstić information content (AvgIpc) is 2.94. The monoisotopic (exact) mass is 346 g/mol. The lowest BCUT2D eigenvalue weighted by Crippen LogP contribution is -2.42. The summed E-state index contributed by atoms with van der Waals surface area (Å²) in [7, 11) is 3.49. The molecule has 4 nitrogen and oxygen atoms in total. The van der Waals surface area contributed by atoms with E-state index in [-0.39, 0.29) is 35.5 Å². The number of imide groups is 1. The van der Waals surface area contributed by atoms with Gasteiger partial charge in [0.25, 0.3) is 0 Å². The zero-order valence-electron chi connectivity index (χ0n) is 14.9. The van der Waals surface area contributed by atoms with Gasteiger partial charge in [-0.05, 0) is 11.1 Å². The Kier molecular flexibility index (Phi) is 4.21. The fraction of sp³-hybridized carbons (Fsp3) is 0.273. The van der Waals surface area contributed by atoms with E-state index in [0.29, 0.717) is 0 Å². The Morgan fingerprint density at radius 2 is 1.08 bits per heavy atom. The van der Waals surface area contributed by atoms with Gasteiger partial charge in [-0.15, -0.1) is 0 Å². The third-order valence-electron chi connectivity index (χ3n) is 5.44. The first kappa shape index (κ1) is 16.7. The normalized spacial score (nSPS) is 27.9. The standard InChI is InChI=1S/C22H22N2O2/c1-23(2)24-21(25)19-17(15-9-5-3-6-10-15)13-14-18(20(19)22(24)26)16-11-7-4-8-12-16/h3-14,17-20H,1-2H3. The number of hydrazine groups is 1. The van der Waals surface area contributed by atoms with Crippen molar-refractivity contribution in [1.82, 2.24) is 10.0 Å². The molecule has 1 fully saturated rings. The van der Waals surface area contributed by atoms with Crippen molar-refractivity contribution in [3.8, 4) is 0 Å². The number of benzene rings is 2. The second-order valence-electron chi connectivity index (χ2n) is 7.14. The van der Waals surface area contributed by atoms with Gasteiger partial charge in [-0.3, -0.25) is 9.59 Å². The smallest absolute Gasteiger partial charge is 0.248 e. The largest absolute Gasteiger partial charge is 0.273 e. The minimum absolute atomic E-state index is 0.0810. The van der Waals surface area contributed by atoms with Crippen molar-refractivity contribution in [1.29, 1.82) is 0 Å². The number of rotatable bonds is 3. The molecular weight excluding hydrogens is 324 g/mol. The van der Waals surface area contributed by atoms with Crippen LogP contribution in [0.4, 0.5) is 0 Å². The summed E-state index contributed by atoms with van der Waals surface area (Å²) in [5.74, 6) is -1.12. The van der Waals surface area contributed by atoms with Gasteiger partial charge in [0, 0.05) is 25.9 Å².